The highest BCUT2D eigenvalue weighted by Gasteiger charge is 2.42. The summed E-state index contributed by atoms with van der Waals surface area (Å²) in [6.07, 6.45) is 3.61. The zero-order valence-electron chi connectivity index (χ0n) is 11.0. The number of allylic oxidation sites excluding steroid dienone is 2. The van der Waals surface area contributed by atoms with Gasteiger partial charge in [-0.3, -0.25) is 0 Å². The van der Waals surface area contributed by atoms with E-state index in [1.165, 1.54) is 11.1 Å². The first kappa shape index (κ1) is 13.2. The Kier molecular flexibility index (Phi) is 3.80. The van der Waals surface area contributed by atoms with Gasteiger partial charge in [-0.25, -0.2) is 0 Å². The third-order valence-electron chi connectivity index (χ3n) is 3.96. The summed E-state index contributed by atoms with van der Waals surface area (Å²) in [4.78, 5) is 0. The lowest BCUT2D eigenvalue weighted by Gasteiger charge is -2.44. The molecule has 1 heteroatoms. The molecular weight excluding hydrogens is 196 g/mol. The minimum absolute atomic E-state index is 0.0236. The van der Waals surface area contributed by atoms with Gasteiger partial charge in [-0.05, 0) is 44.6 Å². The van der Waals surface area contributed by atoms with Crippen LogP contribution in [0, 0.1) is 11.3 Å². The number of aliphatic hydroxyl groups excluding tert-OH is 1. The number of aliphatic hydroxyl groups is 1. The van der Waals surface area contributed by atoms with Crippen LogP contribution in [-0.4, -0.2) is 11.2 Å². The molecule has 90 valence electrons. The van der Waals surface area contributed by atoms with Crippen molar-refractivity contribution in [3.63, 3.8) is 0 Å². The maximum Gasteiger partial charge on any atom is 0.0825 e. The summed E-state index contributed by atoms with van der Waals surface area (Å²) < 4.78 is 0. The molecule has 1 nitrogen and oxygen atoms in total. The lowest BCUT2D eigenvalue weighted by molar-refractivity contribution is 0.0660. The molecule has 0 saturated heterocycles. The molecule has 1 N–H and O–H groups in total. The second kappa shape index (κ2) is 4.58. The minimum atomic E-state index is -0.390. The molecule has 0 amide bonds. The van der Waals surface area contributed by atoms with Gasteiger partial charge in [0.1, 0.15) is 0 Å². The number of hydrogen-bond acceptors (Lipinski definition) is 1. The molecule has 1 aliphatic rings. The molecule has 0 radical (unpaired) electrons. The molecule has 0 aromatic carbocycles. The summed E-state index contributed by atoms with van der Waals surface area (Å²) >= 11 is 0. The van der Waals surface area contributed by atoms with Crippen molar-refractivity contribution in [1.82, 2.24) is 0 Å². The van der Waals surface area contributed by atoms with E-state index < -0.39 is 0 Å². The van der Waals surface area contributed by atoms with Crippen LogP contribution in [0.25, 0.3) is 0 Å². The molecule has 3 atom stereocenters. The highest BCUT2D eigenvalue weighted by Crippen LogP contribution is 2.47. The van der Waals surface area contributed by atoms with Crippen LogP contribution in [0.1, 0.15) is 40.5 Å². The van der Waals surface area contributed by atoms with Gasteiger partial charge in [0.15, 0.2) is 0 Å². The zero-order chi connectivity index (χ0) is 12.5. The monoisotopic (exact) mass is 220 g/mol. The van der Waals surface area contributed by atoms with Crippen LogP contribution in [0.15, 0.2) is 36.0 Å². The maximum absolute atomic E-state index is 10.5. The Hall–Kier alpha value is -0.820. The van der Waals surface area contributed by atoms with Gasteiger partial charge in [0.25, 0.3) is 0 Å². The third-order valence-corrected chi connectivity index (χ3v) is 3.96. The maximum atomic E-state index is 10.5. The van der Waals surface area contributed by atoms with Crippen LogP contribution < -0.4 is 0 Å². The molecule has 1 aliphatic carbocycles. The first-order valence-electron chi connectivity index (χ1n) is 5.97. The summed E-state index contributed by atoms with van der Waals surface area (Å²) in [5.74, 6) is 0.101. The summed E-state index contributed by atoms with van der Waals surface area (Å²) in [5, 5.41) is 10.5. The van der Waals surface area contributed by atoms with Gasteiger partial charge >= 0.3 is 0 Å². The Bertz CT molecular complexity index is 333. The van der Waals surface area contributed by atoms with Crippen molar-refractivity contribution in [1.29, 1.82) is 0 Å². The zero-order valence-corrected chi connectivity index (χ0v) is 11.0. The Morgan fingerprint density at radius 1 is 1.44 bits per heavy atom. The SMILES string of the molecule is C=C[C@@]1(C)CCC(=C(C)C)[C@@H](O)[C@H]1C(=C)C. The van der Waals surface area contributed by atoms with Gasteiger partial charge in [0, 0.05) is 5.92 Å². The molecule has 0 aromatic heterocycles. The Balaban J connectivity index is 3.16. The molecule has 1 saturated carbocycles. The summed E-state index contributed by atoms with van der Waals surface area (Å²) in [7, 11) is 0. The van der Waals surface area contributed by atoms with E-state index in [-0.39, 0.29) is 17.4 Å². The van der Waals surface area contributed by atoms with E-state index in [2.05, 4.69) is 33.9 Å². The van der Waals surface area contributed by atoms with E-state index in [0.29, 0.717) is 0 Å². The third kappa shape index (κ3) is 2.15. The molecule has 0 aromatic rings. The van der Waals surface area contributed by atoms with E-state index >= 15 is 0 Å². The Labute approximate surface area is 99.6 Å². The smallest absolute Gasteiger partial charge is 0.0825 e. The predicted molar refractivity (Wildman–Crippen MR) is 70.2 cm³/mol. The van der Waals surface area contributed by atoms with Crippen molar-refractivity contribution >= 4 is 0 Å². The first-order valence-corrected chi connectivity index (χ1v) is 5.97. The largest absolute Gasteiger partial charge is 0.388 e. The summed E-state index contributed by atoms with van der Waals surface area (Å²) in [5.41, 5.74) is 3.45. The Morgan fingerprint density at radius 3 is 2.38 bits per heavy atom. The molecule has 0 bridgehead atoms. The highest BCUT2D eigenvalue weighted by atomic mass is 16.3. The molecule has 1 rings (SSSR count). The van der Waals surface area contributed by atoms with Crippen LogP contribution >= 0.6 is 0 Å². The molecule has 1 fully saturated rings. The van der Waals surface area contributed by atoms with E-state index in [9.17, 15) is 5.11 Å². The topological polar surface area (TPSA) is 20.2 Å². The van der Waals surface area contributed by atoms with Crippen molar-refractivity contribution in [3.8, 4) is 0 Å². The van der Waals surface area contributed by atoms with E-state index in [1.807, 2.05) is 13.0 Å². The van der Waals surface area contributed by atoms with Gasteiger partial charge < -0.3 is 5.11 Å². The quantitative estimate of drug-likeness (QED) is 0.701. The lowest BCUT2D eigenvalue weighted by atomic mass is 9.62. The van der Waals surface area contributed by atoms with Crippen LogP contribution in [0.5, 0.6) is 0 Å². The molecule has 16 heavy (non-hydrogen) atoms. The number of rotatable bonds is 2. The van der Waals surface area contributed by atoms with Crippen LogP contribution in [0.4, 0.5) is 0 Å². The van der Waals surface area contributed by atoms with Crippen molar-refractivity contribution in [2.45, 2.75) is 46.6 Å². The summed E-state index contributed by atoms with van der Waals surface area (Å²) in [6.45, 7) is 16.3. The lowest BCUT2D eigenvalue weighted by Crippen LogP contribution is -2.41. The highest BCUT2D eigenvalue weighted by molar-refractivity contribution is 5.27. The van der Waals surface area contributed by atoms with Crippen molar-refractivity contribution in [2.24, 2.45) is 11.3 Å². The molecule has 0 aliphatic heterocycles. The fraction of sp³-hybridized carbons (Fsp3) is 0.600. The van der Waals surface area contributed by atoms with Gasteiger partial charge in [0.05, 0.1) is 6.10 Å². The van der Waals surface area contributed by atoms with Crippen molar-refractivity contribution < 1.29 is 5.11 Å². The standard InChI is InChI=1S/C15H24O/c1-7-15(6)9-8-12(10(2)3)14(16)13(15)11(4)5/h7,13-14,16H,1,4,8-9H2,2-3,5-6H3/t13-,14-,15+/m1/s1. The van der Waals surface area contributed by atoms with Gasteiger partial charge in [-0.15, -0.1) is 6.58 Å². The van der Waals surface area contributed by atoms with Crippen LogP contribution in [0.2, 0.25) is 0 Å². The fourth-order valence-electron chi connectivity index (χ4n) is 2.88. The number of hydrogen-bond donors (Lipinski definition) is 1. The summed E-state index contributed by atoms with van der Waals surface area (Å²) in [6, 6.07) is 0. The molecule has 0 spiro atoms. The minimum Gasteiger partial charge on any atom is -0.388 e. The average Bonchev–Trinajstić information content (AvgIpc) is 2.16. The fourth-order valence-corrected chi connectivity index (χ4v) is 2.88. The predicted octanol–water partition coefficient (Wildman–Crippen LogP) is 3.86. The first-order chi connectivity index (χ1) is 7.33. The Morgan fingerprint density at radius 2 is 2.00 bits per heavy atom. The molecule has 0 heterocycles. The average molecular weight is 220 g/mol. The van der Waals surface area contributed by atoms with Crippen molar-refractivity contribution in [3.05, 3.63) is 36.0 Å². The van der Waals surface area contributed by atoms with Gasteiger partial charge in [0.2, 0.25) is 0 Å². The molecule has 0 unspecified atom stereocenters. The van der Waals surface area contributed by atoms with Gasteiger partial charge in [-0.2, -0.15) is 0 Å². The van der Waals surface area contributed by atoms with E-state index in [4.69, 9.17) is 0 Å². The van der Waals surface area contributed by atoms with E-state index in [1.54, 1.807) is 0 Å². The van der Waals surface area contributed by atoms with Crippen LogP contribution in [-0.2, 0) is 0 Å². The second-order valence-electron chi connectivity index (χ2n) is 5.50. The molecular formula is C15H24O. The van der Waals surface area contributed by atoms with E-state index in [0.717, 1.165) is 18.4 Å². The second-order valence-corrected chi connectivity index (χ2v) is 5.50. The van der Waals surface area contributed by atoms with Crippen molar-refractivity contribution in [2.75, 3.05) is 0 Å². The van der Waals surface area contributed by atoms with Gasteiger partial charge in [-0.1, -0.05) is 30.7 Å². The van der Waals surface area contributed by atoms with Crippen LogP contribution in [0.3, 0.4) is 0 Å². The normalized spacial score (nSPS) is 34.7.